The van der Waals surface area contributed by atoms with Gasteiger partial charge in [-0.3, -0.25) is 0 Å². The summed E-state index contributed by atoms with van der Waals surface area (Å²) in [7, 11) is 0. The van der Waals surface area contributed by atoms with Crippen molar-refractivity contribution in [2.24, 2.45) is 0 Å². The summed E-state index contributed by atoms with van der Waals surface area (Å²) in [6.45, 7) is 8.76. The van der Waals surface area contributed by atoms with Gasteiger partial charge >= 0.3 is 0 Å². The molecule has 0 amide bonds. The highest BCUT2D eigenvalue weighted by Gasteiger charge is 2.20. The first-order chi connectivity index (χ1) is 8.19. The average molecular weight is 231 g/mol. The van der Waals surface area contributed by atoms with Gasteiger partial charge in [-0.2, -0.15) is 0 Å². The van der Waals surface area contributed by atoms with Crippen LogP contribution in [0.1, 0.15) is 30.9 Å². The van der Waals surface area contributed by atoms with E-state index in [4.69, 9.17) is 4.74 Å². The number of hydrogen-bond acceptors (Lipinski definition) is 2. The molecule has 1 aliphatic rings. The largest absolute Gasteiger partial charge is 0.486 e. The summed E-state index contributed by atoms with van der Waals surface area (Å²) in [6.07, 6.45) is 4.49. The van der Waals surface area contributed by atoms with Crippen LogP contribution in [0.5, 0.6) is 5.75 Å². The predicted molar refractivity (Wildman–Crippen MR) is 71.3 cm³/mol. The van der Waals surface area contributed by atoms with Gasteiger partial charge in [-0.1, -0.05) is 30.4 Å². The van der Waals surface area contributed by atoms with Crippen LogP contribution in [0.4, 0.5) is 0 Å². The fraction of sp³-hybridized carbons (Fsp3) is 0.467. The van der Waals surface area contributed by atoms with Crippen molar-refractivity contribution in [2.45, 2.75) is 45.4 Å². The molecule has 0 aromatic heterocycles. The lowest BCUT2D eigenvalue weighted by atomic mass is 10.1. The molecule has 0 aliphatic heterocycles. The molecule has 92 valence electrons. The molecule has 0 radical (unpaired) electrons. The molecule has 1 atom stereocenters. The van der Waals surface area contributed by atoms with Crippen LogP contribution < -0.4 is 10.1 Å². The minimum atomic E-state index is 0.0531. The summed E-state index contributed by atoms with van der Waals surface area (Å²) in [4.78, 5) is 0. The summed E-state index contributed by atoms with van der Waals surface area (Å²) >= 11 is 0. The number of rotatable bonds is 6. The standard InChI is InChI=1S/C15H21NO/c1-4-12(3)17-15-8-5-11(2)9-13(15)10-16-14-6-7-14/h4-5,8-9,12,14,16H,1,6-7,10H2,2-3H3. The molecule has 1 unspecified atom stereocenters. The molecule has 1 aliphatic carbocycles. The number of benzene rings is 1. The third-order valence-corrected chi connectivity index (χ3v) is 3.02. The molecule has 1 fully saturated rings. The Kier molecular flexibility index (Phi) is 3.85. The average Bonchev–Trinajstić information content (AvgIpc) is 3.13. The van der Waals surface area contributed by atoms with Crippen LogP contribution in [0.15, 0.2) is 30.9 Å². The van der Waals surface area contributed by atoms with E-state index in [2.05, 4.69) is 37.0 Å². The van der Waals surface area contributed by atoms with Crippen LogP contribution >= 0.6 is 0 Å². The fourth-order valence-corrected chi connectivity index (χ4v) is 1.75. The molecule has 0 spiro atoms. The summed E-state index contributed by atoms with van der Waals surface area (Å²) in [6, 6.07) is 7.06. The van der Waals surface area contributed by atoms with Crippen LogP contribution in [-0.4, -0.2) is 12.1 Å². The Morgan fingerprint density at radius 2 is 2.29 bits per heavy atom. The van der Waals surface area contributed by atoms with Crippen molar-refractivity contribution in [3.63, 3.8) is 0 Å². The van der Waals surface area contributed by atoms with E-state index in [1.54, 1.807) is 0 Å². The molecule has 1 aromatic carbocycles. The van der Waals surface area contributed by atoms with Gasteiger partial charge in [-0.05, 0) is 32.8 Å². The highest BCUT2D eigenvalue weighted by Crippen LogP contribution is 2.24. The highest BCUT2D eigenvalue weighted by atomic mass is 16.5. The maximum absolute atomic E-state index is 5.84. The molecule has 1 saturated carbocycles. The lowest BCUT2D eigenvalue weighted by Crippen LogP contribution is -2.17. The van der Waals surface area contributed by atoms with Gasteiger partial charge in [0.25, 0.3) is 0 Å². The van der Waals surface area contributed by atoms with Crippen LogP contribution in [0.3, 0.4) is 0 Å². The van der Waals surface area contributed by atoms with E-state index < -0.39 is 0 Å². The Hall–Kier alpha value is -1.28. The molecule has 1 aromatic rings. The minimum absolute atomic E-state index is 0.0531. The van der Waals surface area contributed by atoms with E-state index in [0.717, 1.165) is 18.3 Å². The smallest absolute Gasteiger partial charge is 0.124 e. The second-order valence-corrected chi connectivity index (χ2v) is 4.83. The van der Waals surface area contributed by atoms with Gasteiger partial charge in [-0.15, -0.1) is 0 Å². The molecule has 0 saturated heterocycles. The zero-order valence-corrected chi connectivity index (χ0v) is 10.7. The van der Waals surface area contributed by atoms with Crippen molar-refractivity contribution < 1.29 is 4.74 Å². The maximum Gasteiger partial charge on any atom is 0.124 e. The van der Waals surface area contributed by atoms with Crippen LogP contribution in [0.25, 0.3) is 0 Å². The van der Waals surface area contributed by atoms with Gasteiger partial charge in [0.05, 0.1) is 0 Å². The van der Waals surface area contributed by atoms with E-state index in [9.17, 15) is 0 Å². The molecule has 0 heterocycles. The predicted octanol–water partition coefficient (Wildman–Crippen LogP) is 3.20. The van der Waals surface area contributed by atoms with Crippen molar-refractivity contribution in [2.75, 3.05) is 0 Å². The third-order valence-electron chi connectivity index (χ3n) is 3.02. The van der Waals surface area contributed by atoms with Gasteiger partial charge in [0.15, 0.2) is 0 Å². The van der Waals surface area contributed by atoms with Crippen LogP contribution in [0, 0.1) is 6.92 Å². The lowest BCUT2D eigenvalue weighted by Gasteiger charge is -2.15. The molecular formula is C15H21NO. The van der Waals surface area contributed by atoms with Crippen LogP contribution in [-0.2, 0) is 6.54 Å². The van der Waals surface area contributed by atoms with E-state index in [-0.39, 0.29) is 6.10 Å². The fourth-order valence-electron chi connectivity index (χ4n) is 1.75. The maximum atomic E-state index is 5.84. The lowest BCUT2D eigenvalue weighted by molar-refractivity contribution is 0.267. The van der Waals surface area contributed by atoms with Crippen molar-refractivity contribution in [3.8, 4) is 5.75 Å². The van der Waals surface area contributed by atoms with Crippen molar-refractivity contribution >= 4 is 0 Å². The topological polar surface area (TPSA) is 21.3 Å². The first kappa shape index (κ1) is 12.2. The summed E-state index contributed by atoms with van der Waals surface area (Å²) < 4.78 is 5.84. The Morgan fingerprint density at radius 3 is 2.94 bits per heavy atom. The molecule has 2 rings (SSSR count). The first-order valence-corrected chi connectivity index (χ1v) is 6.31. The Labute approximate surface area is 104 Å². The quantitative estimate of drug-likeness (QED) is 0.759. The highest BCUT2D eigenvalue weighted by molar-refractivity contribution is 5.37. The van der Waals surface area contributed by atoms with Gasteiger partial charge in [0.1, 0.15) is 11.9 Å². The summed E-state index contributed by atoms with van der Waals surface area (Å²) in [5.41, 5.74) is 2.52. The van der Waals surface area contributed by atoms with Gasteiger partial charge < -0.3 is 10.1 Å². The van der Waals surface area contributed by atoms with Crippen LogP contribution in [0.2, 0.25) is 0 Å². The second kappa shape index (κ2) is 5.37. The van der Waals surface area contributed by atoms with E-state index >= 15 is 0 Å². The van der Waals surface area contributed by atoms with Crippen molar-refractivity contribution in [1.29, 1.82) is 0 Å². The number of aryl methyl sites for hydroxylation is 1. The minimum Gasteiger partial charge on any atom is -0.486 e. The van der Waals surface area contributed by atoms with Crippen molar-refractivity contribution in [3.05, 3.63) is 42.0 Å². The molecule has 2 nitrogen and oxygen atoms in total. The first-order valence-electron chi connectivity index (χ1n) is 6.31. The van der Waals surface area contributed by atoms with E-state index in [1.807, 2.05) is 13.0 Å². The van der Waals surface area contributed by atoms with Gasteiger partial charge in [0, 0.05) is 18.2 Å². The Bertz CT molecular complexity index is 396. The van der Waals surface area contributed by atoms with Gasteiger partial charge in [0.2, 0.25) is 0 Å². The van der Waals surface area contributed by atoms with E-state index in [0.29, 0.717) is 0 Å². The summed E-state index contributed by atoms with van der Waals surface area (Å²) in [5, 5.41) is 3.53. The molecule has 1 N–H and O–H groups in total. The zero-order valence-electron chi connectivity index (χ0n) is 10.7. The number of nitrogens with one attached hydrogen (secondary N) is 1. The van der Waals surface area contributed by atoms with Gasteiger partial charge in [-0.25, -0.2) is 0 Å². The number of hydrogen-bond donors (Lipinski definition) is 1. The Morgan fingerprint density at radius 1 is 1.53 bits per heavy atom. The number of ether oxygens (including phenoxy) is 1. The molecular weight excluding hydrogens is 210 g/mol. The monoisotopic (exact) mass is 231 g/mol. The summed E-state index contributed by atoms with van der Waals surface area (Å²) in [5.74, 6) is 0.969. The Balaban J connectivity index is 2.07. The zero-order chi connectivity index (χ0) is 12.3. The molecule has 17 heavy (non-hydrogen) atoms. The second-order valence-electron chi connectivity index (χ2n) is 4.83. The molecule has 0 bridgehead atoms. The SMILES string of the molecule is C=CC(C)Oc1ccc(C)cc1CNC1CC1. The van der Waals surface area contributed by atoms with E-state index in [1.165, 1.54) is 24.0 Å². The normalized spacial score (nSPS) is 16.6. The molecule has 2 heteroatoms. The third kappa shape index (κ3) is 3.60. The van der Waals surface area contributed by atoms with Crippen molar-refractivity contribution in [1.82, 2.24) is 5.32 Å².